The SMILES string of the molecule is CCN1C[C@H](C)[C@H](NS(=O)(=O)[C@H](C)COC)C1. The predicted octanol–water partition coefficient (Wildman–Crippen LogP) is 0.281. The largest absolute Gasteiger partial charge is 0.383 e. The molecule has 0 aromatic rings. The van der Waals surface area contributed by atoms with Gasteiger partial charge in [-0.25, -0.2) is 13.1 Å². The summed E-state index contributed by atoms with van der Waals surface area (Å²) < 4.78 is 31.7. The number of sulfonamides is 1. The third kappa shape index (κ3) is 3.91. The van der Waals surface area contributed by atoms with Gasteiger partial charge in [0.2, 0.25) is 10.0 Å². The molecule has 0 aromatic heterocycles. The van der Waals surface area contributed by atoms with Crippen molar-refractivity contribution in [1.82, 2.24) is 9.62 Å². The van der Waals surface area contributed by atoms with Gasteiger partial charge in [0.1, 0.15) is 0 Å². The van der Waals surface area contributed by atoms with Gasteiger partial charge in [0.25, 0.3) is 0 Å². The summed E-state index contributed by atoms with van der Waals surface area (Å²) in [7, 11) is -1.76. The molecular formula is C11H24N2O3S. The van der Waals surface area contributed by atoms with E-state index in [1.54, 1.807) is 6.92 Å². The maximum absolute atomic E-state index is 12.0. The maximum atomic E-state index is 12.0. The van der Waals surface area contributed by atoms with Crippen molar-refractivity contribution in [1.29, 1.82) is 0 Å². The number of methoxy groups -OCH3 is 1. The van der Waals surface area contributed by atoms with E-state index in [0.29, 0.717) is 5.92 Å². The number of likely N-dealkylation sites (N-methyl/N-ethyl adjacent to an activating group) is 1. The lowest BCUT2D eigenvalue weighted by Crippen LogP contribution is -2.44. The summed E-state index contributed by atoms with van der Waals surface area (Å²) in [4.78, 5) is 2.26. The lowest BCUT2D eigenvalue weighted by molar-refractivity contribution is 0.200. The zero-order valence-corrected chi connectivity index (χ0v) is 12.0. The molecule has 1 aliphatic rings. The number of hydrogen-bond acceptors (Lipinski definition) is 4. The minimum Gasteiger partial charge on any atom is -0.383 e. The van der Waals surface area contributed by atoms with Crippen molar-refractivity contribution in [2.75, 3.05) is 33.4 Å². The number of rotatable bonds is 6. The molecule has 1 saturated heterocycles. The molecule has 1 N–H and O–H groups in total. The fraction of sp³-hybridized carbons (Fsp3) is 1.00. The standard InChI is InChI=1S/C11H24N2O3S/c1-5-13-6-9(2)11(7-13)12-17(14,15)10(3)8-16-4/h9-12H,5-8H2,1-4H3/t9-,10+,11+/m0/s1. The van der Waals surface area contributed by atoms with Crippen LogP contribution in [0.4, 0.5) is 0 Å². The third-order valence-corrected chi connectivity index (χ3v) is 5.21. The van der Waals surface area contributed by atoms with E-state index in [0.717, 1.165) is 19.6 Å². The van der Waals surface area contributed by atoms with Gasteiger partial charge in [0.15, 0.2) is 0 Å². The average Bonchev–Trinajstić information content (AvgIpc) is 2.59. The van der Waals surface area contributed by atoms with Gasteiger partial charge in [-0.2, -0.15) is 0 Å². The van der Waals surface area contributed by atoms with E-state index in [4.69, 9.17) is 4.74 Å². The third-order valence-electron chi connectivity index (χ3n) is 3.38. The van der Waals surface area contributed by atoms with Crippen LogP contribution < -0.4 is 4.72 Å². The summed E-state index contributed by atoms with van der Waals surface area (Å²) >= 11 is 0. The second-order valence-corrected chi connectivity index (χ2v) is 7.00. The number of nitrogens with zero attached hydrogens (tertiary/aromatic N) is 1. The molecule has 1 rings (SSSR count). The van der Waals surface area contributed by atoms with E-state index in [1.807, 2.05) is 0 Å². The first kappa shape index (κ1) is 14.9. The molecule has 0 unspecified atom stereocenters. The van der Waals surface area contributed by atoms with Gasteiger partial charge in [0.05, 0.1) is 11.9 Å². The van der Waals surface area contributed by atoms with Crippen molar-refractivity contribution in [3.8, 4) is 0 Å². The van der Waals surface area contributed by atoms with Crippen LogP contribution >= 0.6 is 0 Å². The van der Waals surface area contributed by atoms with Crippen LogP contribution in [0.1, 0.15) is 20.8 Å². The molecular weight excluding hydrogens is 240 g/mol. The van der Waals surface area contributed by atoms with Gasteiger partial charge in [-0.05, 0) is 19.4 Å². The average molecular weight is 264 g/mol. The van der Waals surface area contributed by atoms with Crippen molar-refractivity contribution in [2.45, 2.75) is 32.1 Å². The Morgan fingerprint density at radius 3 is 2.59 bits per heavy atom. The maximum Gasteiger partial charge on any atom is 0.216 e. The highest BCUT2D eigenvalue weighted by atomic mass is 32.2. The van der Waals surface area contributed by atoms with Crippen LogP contribution in [-0.4, -0.2) is 58.0 Å². The Hall–Kier alpha value is -0.170. The zero-order chi connectivity index (χ0) is 13.1. The summed E-state index contributed by atoms with van der Waals surface area (Å²) in [6.07, 6.45) is 0. The van der Waals surface area contributed by atoms with Crippen LogP contribution in [0.25, 0.3) is 0 Å². The fourth-order valence-electron chi connectivity index (χ4n) is 2.13. The summed E-state index contributed by atoms with van der Waals surface area (Å²) in [5.41, 5.74) is 0. The molecule has 5 nitrogen and oxygen atoms in total. The van der Waals surface area contributed by atoms with Gasteiger partial charge < -0.3 is 9.64 Å². The van der Waals surface area contributed by atoms with Crippen molar-refractivity contribution in [3.63, 3.8) is 0 Å². The Morgan fingerprint density at radius 2 is 2.12 bits per heavy atom. The van der Waals surface area contributed by atoms with Crippen molar-refractivity contribution in [3.05, 3.63) is 0 Å². The van der Waals surface area contributed by atoms with Crippen molar-refractivity contribution < 1.29 is 13.2 Å². The number of likely N-dealkylation sites (tertiary alicyclic amines) is 1. The molecule has 0 saturated carbocycles. The first-order valence-corrected chi connectivity index (χ1v) is 7.67. The second-order valence-electron chi connectivity index (χ2n) is 4.86. The van der Waals surface area contributed by atoms with Gasteiger partial charge in [-0.3, -0.25) is 0 Å². The highest BCUT2D eigenvalue weighted by Crippen LogP contribution is 2.17. The summed E-state index contributed by atoms with van der Waals surface area (Å²) in [6.45, 7) is 8.81. The fourth-order valence-corrected chi connectivity index (χ4v) is 3.41. The molecule has 0 spiro atoms. The molecule has 0 radical (unpaired) electrons. The Morgan fingerprint density at radius 1 is 1.47 bits per heavy atom. The summed E-state index contributed by atoms with van der Waals surface area (Å²) in [5.74, 6) is 0.361. The number of ether oxygens (including phenoxy) is 1. The summed E-state index contributed by atoms with van der Waals surface area (Å²) in [6, 6.07) is 0.0271. The quantitative estimate of drug-likeness (QED) is 0.749. The van der Waals surface area contributed by atoms with E-state index in [9.17, 15) is 8.42 Å². The van der Waals surface area contributed by atoms with Crippen molar-refractivity contribution in [2.24, 2.45) is 5.92 Å². The molecule has 0 amide bonds. The second kappa shape index (κ2) is 6.13. The van der Waals surface area contributed by atoms with E-state index in [2.05, 4.69) is 23.5 Å². The number of nitrogens with one attached hydrogen (secondary N) is 1. The van der Waals surface area contributed by atoms with Crippen LogP contribution in [0, 0.1) is 5.92 Å². The Bertz CT molecular complexity index is 332. The van der Waals surface area contributed by atoms with Crippen LogP contribution in [0.5, 0.6) is 0 Å². The number of hydrogen-bond donors (Lipinski definition) is 1. The van der Waals surface area contributed by atoms with E-state index >= 15 is 0 Å². The Balaban J connectivity index is 2.59. The molecule has 0 bridgehead atoms. The lowest BCUT2D eigenvalue weighted by Gasteiger charge is -2.20. The normalized spacial score (nSPS) is 28.5. The molecule has 0 aliphatic carbocycles. The Kier molecular flexibility index (Phi) is 5.37. The van der Waals surface area contributed by atoms with Crippen LogP contribution in [0.3, 0.4) is 0 Å². The smallest absolute Gasteiger partial charge is 0.216 e. The molecule has 1 aliphatic heterocycles. The summed E-state index contributed by atoms with van der Waals surface area (Å²) in [5, 5.41) is -0.504. The first-order valence-electron chi connectivity index (χ1n) is 6.13. The van der Waals surface area contributed by atoms with Crippen LogP contribution in [-0.2, 0) is 14.8 Å². The van der Waals surface area contributed by atoms with E-state index in [-0.39, 0.29) is 12.6 Å². The highest BCUT2D eigenvalue weighted by Gasteiger charge is 2.33. The van der Waals surface area contributed by atoms with Gasteiger partial charge in [0, 0.05) is 26.2 Å². The highest BCUT2D eigenvalue weighted by molar-refractivity contribution is 7.90. The molecule has 0 aromatic carbocycles. The molecule has 17 heavy (non-hydrogen) atoms. The van der Waals surface area contributed by atoms with Crippen molar-refractivity contribution >= 4 is 10.0 Å². The predicted molar refractivity (Wildman–Crippen MR) is 68.5 cm³/mol. The van der Waals surface area contributed by atoms with Gasteiger partial charge in [-0.1, -0.05) is 13.8 Å². The van der Waals surface area contributed by atoms with E-state index < -0.39 is 15.3 Å². The molecule has 1 heterocycles. The monoisotopic (exact) mass is 264 g/mol. The molecule has 6 heteroatoms. The van der Waals surface area contributed by atoms with Crippen LogP contribution in [0.15, 0.2) is 0 Å². The lowest BCUT2D eigenvalue weighted by atomic mass is 10.1. The van der Waals surface area contributed by atoms with Gasteiger partial charge >= 0.3 is 0 Å². The topological polar surface area (TPSA) is 58.6 Å². The molecule has 3 atom stereocenters. The minimum atomic E-state index is -3.27. The Labute approximate surface area is 105 Å². The first-order chi connectivity index (χ1) is 7.90. The minimum absolute atomic E-state index is 0.0271. The van der Waals surface area contributed by atoms with Crippen LogP contribution in [0.2, 0.25) is 0 Å². The molecule has 1 fully saturated rings. The zero-order valence-electron chi connectivity index (χ0n) is 11.1. The van der Waals surface area contributed by atoms with E-state index in [1.165, 1.54) is 7.11 Å². The van der Waals surface area contributed by atoms with Gasteiger partial charge in [-0.15, -0.1) is 0 Å². The molecule has 102 valence electrons.